The number of nitrogens with zero attached hydrogens (tertiary/aromatic N) is 1. The van der Waals surface area contributed by atoms with Crippen molar-refractivity contribution in [2.45, 2.75) is 45.1 Å². The zero-order valence-electron chi connectivity index (χ0n) is 14.6. The van der Waals surface area contributed by atoms with Crippen LogP contribution in [0.5, 0.6) is 11.5 Å². The van der Waals surface area contributed by atoms with Gasteiger partial charge in [-0.2, -0.15) is 14.3 Å². The van der Waals surface area contributed by atoms with E-state index in [0.29, 0.717) is 30.4 Å². The molecule has 0 spiro atoms. The molecule has 1 aliphatic heterocycles. The van der Waals surface area contributed by atoms with Crippen LogP contribution < -0.4 is 20.4 Å². The molecule has 1 aliphatic rings. The Balaban J connectivity index is 2.41. The molecule has 136 valence electrons. The Hall–Kier alpha value is -1.51. The van der Waals surface area contributed by atoms with Crippen molar-refractivity contribution in [2.24, 2.45) is 5.90 Å². The van der Waals surface area contributed by atoms with E-state index in [1.807, 2.05) is 12.1 Å². The smallest absolute Gasteiger partial charge is 0.264 e. The van der Waals surface area contributed by atoms with E-state index in [2.05, 4.69) is 25.7 Å². The van der Waals surface area contributed by atoms with E-state index in [0.717, 1.165) is 17.7 Å². The molecule has 8 heteroatoms. The quantitative estimate of drug-likeness (QED) is 0.594. The summed E-state index contributed by atoms with van der Waals surface area (Å²) in [5.41, 5.74) is 1.91. The standard InChI is InChI=1S/C16H26N2O5S/c1-11-10-16(2,3)18(6-5-7-24(19,20)21)13-9-14(22-4)15(23-17)8-12(11)13/h8-9,11H,5-7,10,17H2,1-4H3,(H,19,20,21). The van der Waals surface area contributed by atoms with E-state index < -0.39 is 10.1 Å². The SMILES string of the molecule is COc1cc2c(cc1ON)C(C)CC(C)(C)N2CCCS(=O)(=O)O. The van der Waals surface area contributed by atoms with Crippen LogP contribution in [0.1, 0.15) is 45.1 Å². The Kier molecular flexibility index (Phi) is 5.31. The highest BCUT2D eigenvalue weighted by Gasteiger charge is 2.37. The first-order valence-corrected chi connectivity index (χ1v) is 9.51. The van der Waals surface area contributed by atoms with Gasteiger partial charge in [0.25, 0.3) is 10.1 Å². The van der Waals surface area contributed by atoms with E-state index in [1.165, 1.54) is 0 Å². The number of hydrogen-bond donors (Lipinski definition) is 2. The molecule has 1 heterocycles. The van der Waals surface area contributed by atoms with Gasteiger partial charge in [-0.1, -0.05) is 6.92 Å². The highest BCUT2D eigenvalue weighted by Crippen LogP contribution is 2.47. The minimum Gasteiger partial charge on any atom is -0.493 e. The average Bonchev–Trinajstić information content (AvgIpc) is 2.47. The van der Waals surface area contributed by atoms with Crippen LogP contribution in [-0.4, -0.2) is 37.9 Å². The number of fused-ring (bicyclic) bond motifs is 1. The summed E-state index contributed by atoms with van der Waals surface area (Å²) in [6.45, 7) is 6.90. The number of rotatable bonds is 6. The predicted octanol–water partition coefficient (Wildman–Crippen LogP) is 2.32. The van der Waals surface area contributed by atoms with Gasteiger partial charge in [0, 0.05) is 23.8 Å². The lowest BCUT2D eigenvalue weighted by Crippen LogP contribution is -2.49. The molecule has 0 aliphatic carbocycles. The maximum atomic E-state index is 11.0. The molecule has 0 amide bonds. The molecule has 1 atom stereocenters. The minimum atomic E-state index is -3.96. The van der Waals surface area contributed by atoms with Crippen LogP contribution in [0.3, 0.4) is 0 Å². The number of ether oxygens (including phenoxy) is 1. The van der Waals surface area contributed by atoms with Crippen molar-refractivity contribution in [3.05, 3.63) is 17.7 Å². The van der Waals surface area contributed by atoms with Crippen molar-refractivity contribution in [3.8, 4) is 11.5 Å². The van der Waals surface area contributed by atoms with Gasteiger partial charge in [-0.25, -0.2) is 0 Å². The third-order valence-corrected chi connectivity index (χ3v) is 5.39. The van der Waals surface area contributed by atoms with Gasteiger partial charge in [0.2, 0.25) is 0 Å². The largest absolute Gasteiger partial charge is 0.493 e. The predicted molar refractivity (Wildman–Crippen MR) is 93.3 cm³/mol. The second-order valence-corrected chi connectivity index (χ2v) is 8.46. The van der Waals surface area contributed by atoms with Gasteiger partial charge in [0.1, 0.15) is 0 Å². The Bertz CT molecular complexity index is 703. The molecular weight excluding hydrogens is 332 g/mol. The lowest BCUT2D eigenvalue weighted by atomic mass is 9.80. The lowest BCUT2D eigenvalue weighted by Gasteiger charge is -2.47. The lowest BCUT2D eigenvalue weighted by molar-refractivity contribution is 0.303. The fraction of sp³-hybridized carbons (Fsp3) is 0.625. The molecule has 0 radical (unpaired) electrons. The van der Waals surface area contributed by atoms with E-state index >= 15 is 0 Å². The van der Waals surface area contributed by atoms with Crippen molar-refractivity contribution in [2.75, 3.05) is 24.3 Å². The van der Waals surface area contributed by atoms with Crippen molar-refractivity contribution in [1.82, 2.24) is 0 Å². The van der Waals surface area contributed by atoms with E-state index in [1.54, 1.807) is 7.11 Å². The Morgan fingerprint density at radius 1 is 1.38 bits per heavy atom. The first-order valence-electron chi connectivity index (χ1n) is 7.90. The second-order valence-electron chi connectivity index (χ2n) is 6.89. The van der Waals surface area contributed by atoms with Gasteiger partial charge in [-0.3, -0.25) is 4.55 Å². The van der Waals surface area contributed by atoms with Crippen molar-refractivity contribution < 1.29 is 22.5 Å². The molecular formula is C16H26N2O5S. The molecule has 1 aromatic rings. The molecule has 0 saturated carbocycles. The summed E-state index contributed by atoms with van der Waals surface area (Å²) in [5, 5.41) is 0. The first-order chi connectivity index (χ1) is 11.1. The molecule has 3 N–H and O–H groups in total. The van der Waals surface area contributed by atoms with Gasteiger partial charge in [0.15, 0.2) is 11.5 Å². The van der Waals surface area contributed by atoms with Gasteiger partial charge in [0.05, 0.1) is 12.9 Å². The number of methoxy groups -OCH3 is 1. The number of nitrogens with two attached hydrogens (primary N) is 1. The summed E-state index contributed by atoms with van der Waals surface area (Å²) >= 11 is 0. The second kappa shape index (κ2) is 6.78. The normalized spacial score (nSPS) is 19.8. The highest BCUT2D eigenvalue weighted by molar-refractivity contribution is 7.85. The van der Waals surface area contributed by atoms with Crippen LogP contribution in [0.15, 0.2) is 12.1 Å². The fourth-order valence-corrected chi connectivity index (χ4v) is 4.06. The van der Waals surface area contributed by atoms with Crippen LogP contribution in [0.2, 0.25) is 0 Å². The first kappa shape index (κ1) is 18.8. The monoisotopic (exact) mass is 358 g/mol. The third kappa shape index (κ3) is 3.93. The number of anilines is 1. The molecule has 0 saturated heterocycles. The summed E-state index contributed by atoms with van der Waals surface area (Å²) < 4.78 is 36.3. The van der Waals surface area contributed by atoms with E-state index in [4.69, 9.17) is 20.0 Å². The highest BCUT2D eigenvalue weighted by atomic mass is 32.2. The summed E-state index contributed by atoms with van der Waals surface area (Å²) in [5.74, 6) is 6.37. The average molecular weight is 358 g/mol. The third-order valence-electron chi connectivity index (χ3n) is 4.58. The van der Waals surface area contributed by atoms with Crippen LogP contribution in [-0.2, 0) is 10.1 Å². The summed E-state index contributed by atoms with van der Waals surface area (Å²) in [7, 11) is -2.42. The van der Waals surface area contributed by atoms with Crippen LogP contribution in [0.25, 0.3) is 0 Å². The maximum Gasteiger partial charge on any atom is 0.264 e. The topological polar surface area (TPSA) is 102 Å². The van der Waals surface area contributed by atoms with Gasteiger partial charge in [-0.05, 0) is 44.2 Å². The number of benzene rings is 1. The molecule has 1 unspecified atom stereocenters. The van der Waals surface area contributed by atoms with Crippen LogP contribution >= 0.6 is 0 Å². The van der Waals surface area contributed by atoms with Gasteiger partial charge >= 0.3 is 0 Å². The molecule has 2 rings (SSSR count). The minimum absolute atomic E-state index is 0.151. The summed E-state index contributed by atoms with van der Waals surface area (Å²) in [4.78, 5) is 7.07. The molecule has 7 nitrogen and oxygen atoms in total. The summed E-state index contributed by atoms with van der Waals surface area (Å²) in [6, 6.07) is 3.76. The zero-order chi connectivity index (χ0) is 18.1. The molecule has 0 bridgehead atoms. The molecule has 0 fully saturated rings. The van der Waals surface area contributed by atoms with Gasteiger partial charge in [-0.15, -0.1) is 0 Å². The Labute approximate surface area is 143 Å². The zero-order valence-corrected chi connectivity index (χ0v) is 15.4. The maximum absolute atomic E-state index is 11.0. The van der Waals surface area contributed by atoms with Crippen LogP contribution in [0, 0.1) is 0 Å². The van der Waals surface area contributed by atoms with Crippen molar-refractivity contribution in [1.29, 1.82) is 0 Å². The van der Waals surface area contributed by atoms with Crippen LogP contribution in [0.4, 0.5) is 5.69 Å². The fourth-order valence-electron chi connectivity index (χ4n) is 3.57. The molecule has 24 heavy (non-hydrogen) atoms. The van der Waals surface area contributed by atoms with E-state index in [-0.39, 0.29) is 11.3 Å². The Morgan fingerprint density at radius 2 is 2.04 bits per heavy atom. The Morgan fingerprint density at radius 3 is 2.58 bits per heavy atom. The van der Waals surface area contributed by atoms with E-state index in [9.17, 15) is 8.42 Å². The van der Waals surface area contributed by atoms with Crippen molar-refractivity contribution in [3.63, 3.8) is 0 Å². The number of hydrogen-bond acceptors (Lipinski definition) is 6. The van der Waals surface area contributed by atoms with Gasteiger partial charge < -0.3 is 14.5 Å². The van der Waals surface area contributed by atoms with Crippen molar-refractivity contribution >= 4 is 15.8 Å². The molecule has 1 aromatic carbocycles. The molecule has 0 aromatic heterocycles. The summed E-state index contributed by atoms with van der Waals surface area (Å²) in [6.07, 6.45) is 1.25.